The lowest BCUT2D eigenvalue weighted by molar-refractivity contribution is -0.383. The average molecular weight is 327 g/mol. The quantitative estimate of drug-likeness (QED) is 0.643. The minimum Gasteiger partial charge on any atom is -0.478 e. The predicted octanol–water partition coefficient (Wildman–Crippen LogP) is 4.34. The van der Waals surface area contributed by atoms with Gasteiger partial charge in [0.25, 0.3) is 0 Å². The molecule has 0 aromatic heterocycles. The molecule has 2 aromatic carbocycles. The molecule has 0 amide bonds. The molecular formula is C13H8Cl2N2O4. The van der Waals surface area contributed by atoms with Crippen LogP contribution < -0.4 is 5.32 Å². The summed E-state index contributed by atoms with van der Waals surface area (Å²) in [6.45, 7) is 0. The van der Waals surface area contributed by atoms with Crippen LogP contribution in [0, 0.1) is 10.1 Å². The van der Waals surface area contributed by atoms with Crippen molar-refractivity contribution in [2.45, 2.75) is 0 Å². The van der Waals surface area contributed by atoms with Gasteiger partial charge in [-0.2, -0.15) is 0 Å². The van der Waals surface area contributed by atoms with Crippen molar-refractivity contribution in [3.8, 4) is 0 Å². The molecular weight excluding hydrogens is 319 g/mol. The number of anilines is 2. The van der Waals surface area contributed by atoms with Gasteiger partial charge in [0.2, 0.25) is 0 Å². The fourth-order valence-corrected chi connectivity index (χ4v) is 2.33. The standard InChI is InChI=1S/C13H8Cl2N2O4/c14-7-5-9(15)12(17(20)21)11(6-7)16-10-4-2-1-3-8(10)13(18)19/h1-6,16H,(H,18,19). The number of carboxylic acids is 1. The van der Waals surface area contributed by atoms with E-state index >= 15 is 0 Å². The number of carboxylic acid groups (broad SMARTS) is 1. The van der Waals surface area contributed by atoms with Gasteiger partial charge in [0, 0.05) is 5.02 Å². The number of hydrogen-bond donors (Lipinski definition) is 2. The van der Waals surface area contributed by atoms with Crippen LogP contribution in [0.3, 0.4) is 0 Å². The van der Waals surface area contributed by atoms with Gasteiger partial charge in [0.15, 0.2) is 0 Å². The van der Waals surface area contributed by atoms with Gasteiger partial charge in [-0.15, -0.1) is 0 Å². The molecule has 0 saturated carbocycles. The Morgan fingerprint density at radius 2 is 1.86 bits per heavy atom. The Labute approximate surface area is 129 Å². The van der Waals surface area contributed by atoms with Crippen LogP contribution in [0.15, 0.2) is 36.4 Å². The molecule has 8 heteroatoms. The van der Waals surface area contributed by atoms with E-state index in [9.17, 15) is 14.9 Å². The number of aromatic carboxylic acids is 1. The molecule has 0 aliphatic heterocycles. The smallest absolute Gasteiger partial charge is 0.337 e. The van der Waals surface area contributed by atoms with Gasteiger partial charge in [-0.05, 0) is 24.3 Å². The Morgan fingerprint density at radius 1 is 1.19 bits per heavy atom. The second kappa shape index (κ2) is 5.99. The molecule has 0 fully saturated rings. The number of hydrogen-bond acceptors (Lipinski definition) is 4. The Morgan fingerprint density at radius 3 is 2.48 bits per heavy atom. The number of para-hydroxylation sites is 1. The van der Waals surface area contributed by atoms with Crippen molar-refractivity contribution in [1.82, 2.24) is 0 Å². The Kier molecular flexibility index (Phi) is 4.30. The van der Waals surface area contributed by atoms with Crippen LogP contribution in [-0.4, -0.2) is 16.0 Å². The molecule has 0 aliphatic carbocycles. The van der Waals surface area contributed by atoms with Crippen LogP contribution in [-0.2, 0) is 0 Å². The van der Waals surface area contributed by atoms with E-state index in [0.29, 0.717) is 0 Å². The molecule has 21 heavy (non-hydrogen) atoms. The van der Waals surface area contributed by atoms with E-state index in [4.69, 9.17) is 28.3 Å². The average Bonchev–Trinajstić information content (AvgIpc) is 2.37. The number of carbonyl (C=O) groups is 1. The second-order valence-corrected chi connectivity index (χ2v) is 4.86. The van der Waals surface area contributed by atoms with Crippen molar-refractivity contribution < 1.29 is 14.8 Å². The summed E-state index contributed by atoms with van der Waals surface area (Å²) >= 11 is 11.6. The lowest BCUT2D eigenvalue weighted by atomic mass is 10.1. The van der Waals surface area contributed by atoms with E-state index in [1.54, 1.807) is 12.1 Å². The van der Waals surface area contributed by atoms with Crippen LogP contribution in [0.5, 0.6) is 0 Å². The minimum absolute atomic E-state index is 0.0196. The van der Waals surface area contributed by atoms with Crippen molar-refractivity contribution in [2.75, 3.05) is 5.32 Å². The van der Waals surface area contributed by atoms with E-state index in [1.807, 2.05) is 0 Å². The highest BCUT2D eigenvalue weighted by molar-refractivity contribution is 6.36. The SMILES string of the molecule is O=C(O)c1ccccc1Nc1cc(Cl)cc(Cl)c1[N+](=O)[O-]. The molecule has 0 radical (unpaired) electrons. The summed E-state index contributed by atoms with van der Waals surface area (Å²) < 4.78 is 0. The Bertz CT molecular complexity index is 734. The van der Waals surface area contributed by atoms with Crippen molar-refractivity contribution in [3.63, 3.8) is 0 Å². The third kappa shape index (κ3) is 3.24. The molecule has 0 aliphatic rings. The fourth-order valence-electron chi connectivity index (χ4n) is 1.77. The van der Waals surface area contributed by atoms with E-state index in [0.717, 1.165) is 0 Å². The monoisotopic (exact) mass is 326 g/mol. The first-order valence-corrected chi connectivity index (χ1v) is 6.38. The topological polar surface area (TPSA) is 92.5 Å². The summed E-state index contributed by atoms with van der Waals surface area (Å²) in [5.74, 6) is -1.16. The zero-order valence-corrected chi connectivity index (χ0v) is 11.9. The maximum absolute atomic E-state index is 11.1. The first-order chi connectivity index (χ1) is 9.90. The number of rotatable bonds is 4. The molecule has 0 spiro atoms. The highest BCUT2D eigenvalue weighted by Gasteiger charge is 2.21. The highest BCUT2D eigenvalue weighted by Crippen LogP contribution is 2.37. The molecule has 2 N–H and O–H groups in total. The van der Waals surface area contributed by atoms with Gasteiger partial charge in [0.05, 0.1) is 16.2 Å². The summed E-state index contributed by atoms with van der Waals surface area (Å²) in [5.41, 5.74) is -0.179. The molecule has 0 heterocycles. The van der Waals surface area contributed by atoms with Crippen LogP contribution in [0.4, 0.5) is 17.1 Å². The molecule has 0 saturated heterocycles. The lowest BCUT2D eigenvalue weighted by Crippen LogP contribution is -2.04. The third-order valence-electron chi connectivity index (χ3n) is 2.64. The Balaban J connectivity index is 2.54. The van der Waals surface area contributed by atoms with Gasteiger partial charge in [-0.25, -0.2) is 4.79 Å². The summed E-state index contributed by atoms with van der Waals surface area (Å²) in [6.07, 6.45) is 0. The van der Waals surface area contributed by atoms with E-state index in [-0.39, 0.29) is 32.7 Å². The summed E-state index contributed by atoms with van der Waals surface area (Å²) in [6, 6.07) is 8.57. The maximum Gasteiger partial charge on any atom is 0.337 e. The van der Waals surface area contributed by atoms with Crippen molar-refractivity contribution in [1.29, 1.82) is 0 Å². The van der Waals surface area contributed by atoms with Crippen LogP contribution in [0.1, 0.15) is 10.4 Å². The number of nitro groups is 1. The summed E-state index contributed by atoms with van der Waals surface area (Å²) in [7, 11) is 0. The highest BCUT2D eigenvalue weighted by atomic mass is 35.5. The maximum atomic E-state index is 11.1. The van der Waals surface area contributed by atoms with Crippen molar-refractivity contribution in [2.24, 2.45) is 0 Å². The number of nitrogens with one attached hydrogen (secondary N) is 1. The minimum atomic E-state index is -1.16. The van der Waals surface area contributed by atoms with Gasteiger partial charge >= 0.3 is 11.7 Å². The lowest BCUT2D eigenvalue weighted by Gasteiger charge is -2.11. The molecule has 0 atom stereocenters. The van der Waals surface area contributed by atoms with Gasteiger partial charge < -0.3 is 10.4 Å². The summed E-state index contributed by atoms with van der Waals surface area (Å²) in [4.78, 5) is 21.6. The Hall–Kier alpha value is -2.31. The summed E-state index contributed by atoms with van der Waals surface area (Å²) in [5, 5.41) is 22.9. The molecule has 2 aromatic rings. The van der Waals surface area contributed by atoms with Crippen molar-refractivity contribution >= 4 is 46.2 Å². The van der Waals surface area contributed by atoms with Crippen LogP contribution in [0.25, 0.3) is 0 Å². The number of benzene rings is 2. The predicted molar refractivity (Wildman–Crippen MR) is 79.8 cm³/mol. The van der Waals surface area contributed by atoms with Gasteiger partial charge in [0.1, 0.15) is 10.7 Å². The number of halogens is 2. The van der Waals surface area contributed by atoms with Crippen LogP contribution in [0.2, 0.25) is 10.0 Å². The first-order valence-electron chi connectivity index (χ1n) is 5.63. The van der Waals surface area contributed by atoms with Gasteiger partial charge in [-0.3, -0.25) is 10.1 Å². The first kappa shape index (κ1) is 15.1. The molecule has 0 bridgehead atoms. The molecule has 6 nitrogen and oxygen atoms in total. The number of nitro benzene ring substituents is 1. The number of nitrogens with zero attached hydrogens (tertiary/aromatic N) is 1. The second-order valence-electron chi connectivity index (χ2n) is 4.02. The van der Waals surface area contributed by atoms with Crippen LogP contribution >= 0.6 is 23.2 Å². The normalized spacial score (nSPS) is 10.2. The fraction of sp³-hybridized carbons (Fsp3) is 0. The van der Waals surface area contributed by atoms with E-state index in [2.05, 4.69) is 5.32 Å². The zero-order chi connectivity index (χ0) is 15.6. The van der Waals surface area contributed by atoms with E-state index < -0.39 is 10.9 Å². The zero-order valence-electron chi connectivity index (χ0n) is 10.3. The molecule has 2 rings (SSSR count). The molecule has 0 unspecified atom stereocenters. The van der Waals surface area contributed by atoms with Gasteiger partial charge in [-0.1, -0.05) is 35.3 Å². The largest absolute Gasteiger partial charge is 0.478 e. The third-order valence-corrected chi connectivity index (χ3v) is 3.14. The van der Waals surface area contributed by atoms with Crippen molar-refractivity contribution in [3.05, 3.63) is 62.1 Å². The molecule has 108 valence electrons. The van der Waals surface area contributed by atoms with E-state index in [1.165, 1.54) is 24.3 Å².